The van der Waals surface area contributed by atoms with E-state index in [0.717, 1.165) is 52.9 Å². The monoisotopic (exact) mass is 477 g/mol. The van der Waals surface area contributed by atoms with Crippen LogP contribution in [0.2, 0.25) is 0 Å². The van der Waals surface area contributed by atoms with Gasteiger partial charge in [0.2, 0.25) is 0 Å². The summed E-state index contributed by atoms with van der Waals surface area (Å²) < 4.78 is 39.0. The van der Waals surface area contributed by atoms with Gasteiger partial charge in [-0.1, -0.05) is 66.7 Å². The number of alkyl halides is 3. The summed E-state index contributed by atoms with van der Waals surface area (Å²) in [6.07, 6.45) is 0.156. The van der Waals surface area contributed by atoms with Crippen molar-refractivity contribution in [2.24, 2.45) is 0 Å². The average molecular weight is 478 g/mol. The fourth-order valence-corrected chi connectivity index (χ4v) is 4.29. The zero-order chi connectivity index (χ0) is 24.8. The first-order valence-corrected chi connectivity index (χ1v) is 11.4. The maximum absolute atomic E-state index is 13.0. The molecule has 0 aliphatic heterocycles. The molecule has 0 saturated carbocycles. The molecule has 2 N–H and O–H groups in total. The molecular weight excluding hydrogens is 451 g/mol. The second-order valence-electron chi connectivity index (χ2n) is 8.49. The molecule has 0 saturated heterocycles. The van der Waals surface area contributed by atoms with E-state index in [0.29, 0.717) is 13.0 Å². The number of aliphatic hydroxyl groups is 1. The molecule has 0 unspecified atom stereocenters. The normalized spacial score (nSPS) is 13.5. The van der Waals surface area contributed by atoms with Crippen LogP contribution in [0, 0.1) is 0 Å². The molecule has 1 aliphatic rings. The van der Waals surface area contributed by atoms with E-state index < -0.39 is 18.3 Å². The van der Waals surface area contributed by atoms with Crippen molar-refractivity contribution >= 4 is 23.0 Å². The van der Waals surface area contributed by atoms with Crippen molar-refractivity contribution in [1.82, 2.24) is 5.32 Å². The van der Waals surface area contributed by atoms with Crippen LogP contribution in [0.5, 0.6) is 0 Å². The molecule has 0 spiro atoms. The van der Waals surface area contributed by atoms with Crippen LogP contribution in [0.25, 0.3) is 17.2 Å². The van der Waals surface area contributed by atoms with Gasteiger partial charge < -0.3 is 10.4 Å². The van der Waals surface area contributed by atoms with Gasteiger partial charge in [0.1, 0.15) is 6.61 Å². The standard InChI is InChI=1S/C29H26F3NO2/c30-29(31,32)24-12-10-22(11-13-24)28-17-23-3-1-2-4-26(23)27(28)15-16-33-18-21-7-5-20(6-8-21)9-14-25(35)19-34/h1-14,33-34H,15-19H2/b14-9+. The number of halogens is 3. The Bertz CT molecular complexity index is 1240. The highest BCUT2D eigenvalue weighted by Gasteiger charge is 2.30. The number of hydrogen-bond donors (Lipinski definition) is 2. The fraction of sp³-hybridized carbons (Fsp3) is 0.207. The summed E-state index contributed by atoms with van der Waals surface area (Å²) in [6.45, 7) is 0.893. The minimum Gasteiger partial charge on any atom is -0.388 e. The van der Waals surface area contributed by atoms with Crippen LogP contribution in [-0.4, -0.2) is 24.0 Å². The Morgan fingerprint density at radius 2 is 1.69 bits per heavy atom. The second kappa shape index (κ2) is 10.8. The maximum atomic E-state index is 13.0. The van der Waals surface area contributed by atoms with Crippen LogP contribution >= 0.6 is 0 Å². The largest absolute Gasteiger partial charge is 0.416 e. The van der Waals surface area contributed by atoms with Gasteiger partial charge in [0.15, 0.2) is 5.78 Å². The van der Waals surface area contributed by atoms with Crippen LogP contribution in [0.3, 0.4) is 0 Å². The van der Waals surface area contributed by atoms with Crippen molar-refractivity contribution in [3.8, 4) is 0 Å². The summed E-state index contributed by atoms with van der Waals surface area (Å²) in [6, 6.07) is 21.4. The number of rotatable bonds is 9. The van der Waals surface area contributed by atoms with E-state index in [4.69, 9.17) is 5.11 Å². The van der Waals surface area contributed by atoms with Gasteiger partial charge in [0, 0.05) is 6.54 Å². The van der Waals surface area contributed by atoms with Crippen molar-refractivity contribution in [3.63, 3.8) is 0 Å². The molecule has 0 atom stereocenters. The molecule has 4 rings (SSSR count). The lowest BCUT2D eigenvalue weighted by Gasteiger charge is -2.12. The smallest absolute Gasteiger partial charge is 0.388 e. The van der Waals surface area contributed by atoms with Crippen molar-refractivity contribution < 1.29 is 23.1 Å². The fourth-order valence-electron chi connectivity index (χ4n) is 4.29. The summed E-state index contributed by atoms with van der Waals surface area (Å²) >= 11 is 0. The molecule has 180 valence electrons. The topological polar surface area (TPSA) is 49.3 Å². The van der Waals surface area contributed by atoms with Crippen molar-refractivity contribution in [3.05, 3.63) is 112 Å². The molecule has 0 aromatic heterocycles. The maximum Gasteiger partial charge on any atom is 0.416 e. The third-order valence-corrected chi connectivity index (χ3v) is 6.11. The number of aliphatic hydroxyl groups excluding tert-OH is 1. The predicted octanol–water partition coefficient (Wildman–Crippen LogP) is 5.93. The van der Waals surface area contributed by atoms with Crippen molar-refractivity contribution in [2.45, 2.75) is 25.6 Å². The molecule has 3 aromatic carbocycles. The number of benzene rings is 3. The molecule has 35 heavy (non-hydrogen) atoms. The first kappa shape index (κ1) is 24.6. The summed E-state index contributed by atoms with van der Waals surface area (Å²) in [7, 11) is 0. The number of hydrogen-bond acceptors (Lipinski definition) is 3. The SMILES string of the molecule is O=C(/C=C/c1ccc(CNCCC2=C(c3ccc(C(F)(F)F)cc3)Cc3ccccc32)cc1)CO. The molecule has 0 amide bonds. The summed E-state index contributed by atoms with van der Waals surface area (Å²) in [4.78, 5) is 11.2. The lowest BCUT2D eigenvalue weighted by molar-refractivity contribution is -0.137. The lowest BCUT2D eigenvalue weighted by atomic mass is 9.97. The number of carbonyl (C=O) groups is 1. The van der Waals surface area contributed by atoms with Gasteiger partial charge >= 0.3 is 6.18 Å². The average Bonchev–Trinajstić information content (AvgIpc) is 3.24. The zero-order valence-corrected chi connectivity index (χ0v) is 19.1. The highest BCUT2D eigenvalue weighted by atomic mass is 19.4. The molecule has 3 aromatic rings. The van der Waals surface area contributed by atoms with Gasteiger partial charge in [-0.05, 0) is 76.6 Å². The summed E-state index contributed by atoms with van der Waals surface area (Å²) in [5.74, 6) is -0.339. The van der Waals surface area contributed by atoms with E-state index in [1.54, 1.807) is 18.2 Å². The van der Waals surface area contributed by atoms with Gasteiger partial charge in [-0.2, -0.15) is 13.2 Å². The lowest BCUT2D eigenvalue weighted by Crippen LogP contribution is -2.15. The van der Waals surface area contributed by atoms with Crippen LogP contribution in [0.15, 0.2) is 78.9 Å². The Labute approximate surface area is 202 Å². The zero-order valence-electron chi connectivity index (χ0n) is 19.1. The Morgan fingerprint density at radius 1 is 0.971 bits per heavy atom. The van der Waals surface area contributed by atoms with Crippen molar-refractivity contribution in [1.29, 1.82) is 0 Å². The number of ketones is 1. The van der Waals surface area contributed by atoms with Crippen LogP contribution in [-0.2, 0) is 23.9 Å². The minimum absolute atomic E-state index is 0.339. The molecule has 0 bridgehead atoms. The molecular formula is C29H26F3NO2. The Morgan fingerprint density at radius 3 is 2.37 bits per heavy atom. The molecule has 3 nitrogen and oxygen atoms in total. The predicted molar refractivity (Wildman–Crippen MR) is 132 cm³/mol. The number of allylic oxidation sites excluding steroid dienone is 1. The van der Waals surface area contributed by atoms with E-state index in [9.17, 15) is 18.0 Å². The van der Waals surface area contributed by atoms with Gasteiger partial charge in [0.25, 0.3) is 0 Å². The van der Waals surface area contributed by atoms with Gasteiger partial charge in [0.05, 0.1) is 5.56 Å². The molecule has 6 heteroatoms. The Hall–Kier alpha value is -3.48. The molecule has 0 fully saturated rings. The molecule has 1 aliphatic carbocycles. The first-order valence-electron chi connectivity index (χ1n) is 11.4. The highest BCUT2D eigenvalue weighted by Crippen LogP contribution is 2.40. The molecule has 0 radical (unpaired) electrons. The van der Waals surface area contributed by atoms with E-state index in [2.05, 4.69) is 17.4 Å². The third-order valence-electron chi connectivity index (χ3n) is 6.11. The summed E-state index contributed by atoms with van der Waals surface area (Å²) in [5, 5.41) is 12.2. The third kappa shape index (κ3) is 6.15. The Kier molecular flexibility index (Phi) is 7.63. The number of carbonyl (C=O) groups excluding carboxylic acids is 1. The van der Waals surface area contributed by atoms with Gasteiger partial charge in [-0.3, -0.25) is 4.79 Å². The number of nitrogens with one attached hydrogen (secondary N) is 1. The van der Waals surface area contributed by atoms with E-state index >= 15 is 0 Å². The Balaban J connectivity index is 1.42. The van der Waals surface area contributed by atoms with Crippen LogP contribution in [0.4, 0.5) is 13.2 Å². The van der Waals surface area contributed by atoms with Gasteiger partial charge in [-0.15, -0.1) is 0 Å². The quantitative estimate of drug-likeness (QED) is 0.297. The van der Waals surface area contributed by atoms with Gasteiger partial charge in [-0.25, -0.2) is 0 Å². The molecule has 0 heterocycles. The van der Waals surface area contributed by atoms with E-state index in [1.165, 1.54) is 17.2 Å². The van der Waals surface area contributed by atoms with Crippen LogP contribution < -0.4 is 5.32 Å². The number of fused-ring (bicyclic) bond motifs is 1. The van der Waals surface area contributed by atoms with Crippen LogP contribution in [0.1, 0.15) is 39.8 Å². The minimum atomic E-state index is -4.34. The second-order valence-corrected chi connectivity index (χ2v) is 8.49. The van der Waals surface area contributed by atoms with E-state index in [-0.39, 0.29) is 5.78 Å². The first-order chi connectivity index (χ1) is 16.8. The van der Waals surface area contributed by atoms with E-state index in [1.807, 2.05) is 36.4 Å². The highest BCUT2D eigenvalue weighted by molar-refractivity contribution is 5.97. The van der Waals surface area contributed by atoms with Crippen molar-refractivity contribution in [2.75, 3.05) is 13.2 Å². The summed E-state index contributed by atoms with van der Waals surface area (Å²) in [5.41, 5.74) is 6.77.